The van der Waals surface area contributed by atoms with Crippen LogP contribution in [0.25, 0.3) is 21.3 Å². The molecule has 2 heterocycles. The summed E-state index contributed by atoms with van der Waals surface area (Å²) in [6, 6.07) is 6.16. The minimum atomic E-state index is -0.312. The van der Waals surface area contributed by atoms with Crippen molar-refractivity contribution in [3.8, 4) is 11.1 Å². The van der Waals surface area contributed by atoms with Gasteiger partial charge in [-0.2, -0.15) is 0 Å². The van der Waals surface area contributed by atoms with Crippen LogP contribution >= 0.6 is 11.3 Å². The van der Waals surface area contributed by atoms with Gasteiger partial charge in [-0.05, 0) is 38.0 Å². The van der Waals surface area contributed by atoms with E-state index in [4.69, 9.17) is 4.98 Å². The molecule has 0 amide bonds. The molecule has 0 atom stereocenters. The third-order valence-corrected chi connectivity index (χ3v) is 5.36. The van der Waals surface area contributed by atoms with Gasteiger partial charge in [0.05, 0.1) is 5.39 Å². The molecule has 6 heteroatoms. The van der Waals surface area contributed by atoms with Crippen molar-refractivity contribution in [3.05, 3.63) is 51.1 Å². The molecule has 0 aliphatic rings. The number of carbonyl (C=O) groups excluding carboxylic acids is 1. The van der Waals surface area contributed by atoms with Crippen LogP contribution in [-0.4, -0.2) is 15.3 Å². The zero-order chi connectivity index (χ0) is 18.8. The molecule has 0 aliphatic carbocycles. The number of carbonyl (C=O) groups is 1. The van der Waals surface area contributed by atoms with Crippen LogP contribution in [0.2, 0.25) is 0 Å². The van der Waals surface area contributed by atoms with E-state index in [2.05, 4.69) is 0 Å². The second-order valence-corrected chi connectivity index (χ2v) is 7.61. The van der Waals surface area contributed by atoms with Crippen molar-refractivity contribution < 1.29 is 9.18 Å². The molecule has 26 heavy (non-hydrogen) atoms. The van der Waals surface area contributed by atoms with Crippen molar-refractivity contribution in [2.24, 2.45) is 0 Å². The predicted octanol–water partition coefficient (Wildman–Crippen LogP) is 4.50. The minimum absolute atomic E-state index is 0.0414. The molecule has 136 valence electrons. The second-order valence-electron chi connectivity index (χ2n) is 6.41. The predicted molar refractivity (Wildman–Crippen MR) is 103 cm³/mol. The van der Waals surface area contributed by atoms with Crippen LogP contribution in [0.1, 0.15) is 37.4 Å². The highest BCUT2D eigenvalue weighted by Crippen LogP contribution is 2.35. The van der Waals surface area contributed by atoms with Gasteiger partial charge in [-0.3, -0.25) is 14.2 Å². The number of hydrogen-bond donors (Lipinski definition) is 0. The molecular weight excluding hydrogens is 351 g/mol. The molecule has 0 radical (unpaired) electrons. The fourth-order valence-corrected chi connectivity index (χ4v) is 4.17. The Morgan fingerprint density at radius 2 is 1.96 bits per heavy atom. The normalized spacial score (nSPS) is 11.2. The van der Waals surface area contributed by atoms with Gasteiger partial charge in [-0.15, -0.1) is 11.3 Å². The van der Waals surface area contributed by atoms with Gasteiger partial charge >= 0.3 is 0 Å². The number of thiophene rings is 1. The van der Waals surface area contributed by atoms with Crippen LogP contribution in [0.3, 0.4) is 0 Å². The molecule has 1 aromatic carbocycles. The van der Waals surface area contributed by atoms with Gasteiger partial charge in [0.2, 0.25) is 0 Å². The number of nitrogens with zero attached hydrogens (tertiary/aromatic N) is 2. The first kappa shape index (κ1) is 18.5. The smallest absolute Gasteiger partial charge is 0.262 e. The summed E-state index contributed by atoms with van der Waals surface area (Å²) < 4.78 is 14.9. The maximum Gasteiger partial charge on any atom is 0.262 e. The molecule has 0 saturated heterocycles. The molecule has 0 spiro atoms. The summed E-state index contributed by atoms with van der Waals surface area (Å²) in [5.41, 5.74) is 1.49. The number of benzene rings is 1. The third-order valence-electron chi connectivity index (χ3n) is 4.36. The first-order valence-corrected chi connectivity index (χ1v) is 9.52. The first-order valence-electron chi connectivity index (χ1n) is 8.70. The third kappa shape index (κ3) is 3.46. The molecule has 0 bridgehead atoms. The second kappa shape index (κ2) is 7.50. The lowest BCUT2D eigenvalue weighted by molar-refractivity contribution is -0.117. The van der Waals surface area contributed by atoms with Crippen molar-refractivity contribution in [3.63, 3.8) is 0 Å². The average molecular weight is 372 g/mol. The van der Waals surface area contributed by atoms with E-state index in [0.717, 1.165) is 28.2 Å². The van der Waals surface area contributed by atoms with Gasteiger partial charge in [0, 0.05) is 29.8 Å². The van der Waals surface area contributed by atoms with Gasteiger partial charge in [-0.1, -0.05) is 19.1 Å². The fourth-order valence-electron chi connectivity index (χ4n) is 3.12. The SMILES string of the molecule is CCCc1nc2sc(C)c(-c3ccc(F)cc3)c2c(=O)n1CCC(C)=O. The summed E-state index contributed by atoms with van der Waals surface area (Å²) in [5.74, 6) is 0.450. The Morgan fingerprint density at radius 3 is 2.58 bits per heavy atom. The van der Waals surface area contributed by atoms with E-state index in [9.17, 15) is 14.0 Å². The first-order chi connectivity index (χ1) is 12.4. The van der Waals surface area contributed by atoms with Crippen molar-refractivity contribution >= 4 is 27.3 Å². The van der Waals surface area contributed by atoms with Gasteiger partial charge in [0.15, 0.2) is 0 Å². The Bertz CT molecular complexity index is 1020. The van der Waals surface area contributed by atoms with E-state index in [-0.39, 0.29) is 17.2 Å². The standard InChI is InChI=1S/C20H21FN2O2S/c1-4-5-16-22-19-18(20(25)23(16)11-10-12(2)24)17(13(3)26-19)14-6-8-15(21)9-7-14/h6-9H,4-5,10-11H2,1-3H3. The van der Waals surface area contributed by atoms with Crippen LogP contribution in [0.5, 0.6) is 0 Å². The maximum atomic E-state index is 13.3. The molecule has 4 nitrogen and oxygen atoms in total. The van der Waals surface area contributed by atoms with Gasteiger partial charge in [0.1, 0.15) is 22.3 Å². The van der Waals surface area contributed by atoms with Crippen molar-refractivity contribution in [2.45, 2.75) is 46.6 Å². The molecule has 0 saturated carbocycles. The average Bonchev–Trinajstić information content (AvgIpc) is 2.91. The Balaban J connectivity index is 2.26. The van der Waals surface area contributed by atoms with E-state index in [0.29, 0.717) is 29.6 Å². The van der Waals surface area contributed by atoms with Crippen molar-refractivity contribution in [1.82, 2.24) is 9.55 Å². The number of Topliss-reactive ketones (excluding diaryl/α,β-unsaturated/α-hetero) is 1. The van der Waals surface area contributed by atoms with Crippen molar-refractivity contribution in [2.75, 3.05) is 0 Å². The zero-order valence-corrected chi connectivity index (χ0v) is 16.0. The van der Waals surface area contributed by atoms with Crippen LogP contribution in [0.4, 0.5) is 4.39 Å². The Hall–Kier alpha value is -2.34. The van der Waals surface area contributed by atoms with E-state index in [1.165, 1.54) is 30.4 Å². The highest BCUT2D eigenvalue weighted by Gasteiger charge is 2.19. The van der Waals surface area contributed by atoms with E-state index in [1.54, 1.807) is 16.7 Å². The Kier molecular flexibility index (Phi) is 5.32. The van der Waals surface area contributed by atoms with Crippen LogP contribution < -0.4 is 5.56 Å². The summed E-state index contributed by atoms with van der Waals surface area (Å²) in [6.45, 7) is 5.85. The van der Waals surface area contributed by atoms with Gasteiger partial charge < -0.3 is 0 Å². The summed E-state index contributed by atoms with van der Waals surface area (Å²) in [5, 5.41) is 0.558. The molecule has 0 fully saturated rings. The van der Waals surface area contributed by atoms with E-state index < -0.39 is 0 Å². The zero-order valence-electron chi connectivity index (χ0n) is 15.1. The summed E-state index contributed by atoms with van der Waals surface area (Å²) in [6.07, 6.45) is 1.86. The number of aryl methyl sites for hydroxylation is 2. The molecule has 3 rings (SSSR count). The molecule has 0 N–H and O–H groups in total. The summed E-state index contributed by atoms with van der Waals surface area (Å²) in [7, 11) is 0. The van der Waals surface area contributed by atoms with Gasteiger partial charge in [-0.25, -0.2) is 9.37 Å². The quantitative estimate of drug-likeness (QED) is 0.640. The monoisotopic (exact) mass is 372 g/mol. The van der Waals surface area contributed by atoms with E-state index >= 15 is 0 Å². The topological polar surface area (TPSA) is 52.0 Å². The number of fused-ring (bicyclic) bond motifs is 1. The van der Waals surface area contributed by atoms with E-state index in [1.807, 2.05) is 13.8 Å². The number of rotatable bonds is 6. The molecule has 0 unspecified atom stereocenters. The molecule has 2 aromatic heterocycles. The van der Waals surface area contributed by atoms with Crippen molar-refractivity contribution in [1.29, 1.82) is 0 Å². The summed E-state index contributed by atoms with van der Waals surface area (Å²) in [4.78, 5) is 31.1. The minimum Gasteiger partial charge on any atom is -0.300 e. The number of aromatic nitrogens is 2. The highest BCUT2D eigenvalue weighted by molar-refractivity contribution is 7.19. The lowest BCUT2D eigenvalue weighted by Gasteiger charge is -2.12. The Morgan fingerprint density at radius 1 is 1.27 bits per heavy atom. The lowest BCUT2D eigenvalue weighted by atomic mass is 10.0. The summed E-state index contributed by atoms with van der Waals surface area (Å²) >= 11 is 1.48. The lowest BCUT2D eigenvalue weighted by Crippen LogP contribution is -2.26. The number of hydrogen-bond acceptors (Lipinski definition) is 4. The van der Waals surface area contributed by atoms with Crippen LogP contribution in [-0.2, 0) is 17.8 Å². The van der Waals surface area contributed by atoms with Crippen LogP contribution in [0, 0.1) is 12.7 Å². The maximum absolute atomic E-state index is 13.3. The molecule has 3 aromatic rings. The van der Waals surface area contributed by atoms with Crippen LogP contribution in [0.15, 0.2) is 29.1 Å². The largest absolute Gasteiger partial charge is 0.300 e. The fraction of sp³-hybridized carbons (Fsp3) is 0.350. The van der Waals surface area contributed by atoms with Gasteiger partial charge in [0.25, 0.3) is 5.56 Å². The highest BCUT2D eigenvalue weighted by atomic mass is 32.1. The molecular formula is C20H21FN2O2S. The molecule has 0 aliphatic heterocycles. The Labute approximate surface area is 155 Å². The number of halogens is 1. The number of ketones is 1.